The highest BCUT2D eigenvalue weighted by atomic mass is 19.1. The Hall–Kier alpha value is -2.77. The lowest BCUT2D eigenvalue weighted by molar-refractivity contribution is -0.144. The zero-order chi connectivity index (χ0) is 17.3. The van der Waals surface area contributed by atoms with Crippen LogP contribution in [0.1, 0.15) is 42.1 Å². The fourth-order valence-corrected chi connectivity index (χ4v) is 2.96. The Bertz CT molecular complexity index is 779. The number of nitrogens with zero attached hydrogens (tertiary/aromatic N) is 3. The minimum atomic E-state index is -1.24. The molecule has 8 heteroatoms. The summed E-state index contributed by atoms with van der Waals surface area (Å²) in [4.78, 5) is 28.0. The average molecular weight is 332 g/mol. The van der Waals surface area contributed by atoms with Crippen molar-refractivity contribution in [2.24, 2.45) is 0 Å². The summed E-state index contributed by atoms with van der Waals surface area (Å²) >= 11 is 0. The number of carboxylic acid groups (broad SMARTS) is 1. The van der Waals surface area contributed by atoms with Crippen LogP contribution in [0.2, 0.25) is 0 Å². The first kappa shape index (κ1) is 16.1. The molecular formula is C16H17FN4O3. The molecule has 1 heterocycles. The summed E-state index contributed by atoms with van der Waals surface area (Å²) in [5.41, 5.74) is -0.680. The van der Waals surface area contributed by atoms with E-state index in [-0.39, 0.29) is 11.6 Å². The SMILES string of the molecule is Cc1nc(C(=O)NC2(C(=O)O)CCCC2)nn1-c1ccc(F)cc1. The zero-order valence-electron chi connectivity index (χ0n) is 13.1. The van der Waals surface area contributed by atoms with Gasteiger partial charge < -0.3 is 10.4 Å². The molecule has 1 aromatic heterocycles. The molecule has 2 N–H and O–H groups in total. The highest BCUT2D eigenvalue weighted by Gasteiger charge is 2.43. The molecular weight excluding hydrogens is 315 g/mol. The van der Waals surface area contributed by atoms with Crippen LogP contribution < -0.4 is 5.32 Å². The van der Waals surface area contributed by atoms with Gasteiger partial charge in [0.25, 0.3) is 5.91 Å². The molecule has 1 aliphatic rings. The molecule has 1 saturated carbocycles. The fourth-order valence-electron chi connectivity index (χ4n) is 2.96. The second-order valence-corrected chi connectivity index (χ2v) is 5.92. The maximum absolute atomic E-state index is 13.0. The third-order valence-corrected chi connectivity index (χ3v) is 4.26. The van der Waals surface area contributed by atoms with E-state index in [2.05, 4.69) is 15.4 Å². The van der Waals surface area contributed by atoms with E-state index in [0.717, 1.165) is 12.8 Å². The van der Waals surface area contributed by atoms with Crippen molar-refractivity contribution in [3.63, 3.8) is 0 Å². The molecule has 1 aromatic carbocycles. The van der Waals surface area contributed by atoms with E-state index in [1.54, 1.807) is 6.92 Å². The number of hydrogen-bond acceptors (Lipinski definition) is 4. The number of hydrogen-bond donors (Lipinski definition) is 2. The van der Waals surface area contributed by atoms with Crippen LogP contribution in [0.4, 0.5) is 4.39 Å². The van der Waals surface area contributed by atoms with Crippen LogP contribution in [0, 0.1) is 12.7 Å². The largest absolute Gasteiger partial charge is 0.480 e. The van der Waals surface area contributed by atoms with Crippen molar-refractivity contribution in [1.82, 2.24) is 20.1 Å². The molecule has 2 aromatic rings. The molecule has 24 heavy (non-hydrogen) atoms. The molecule has 0 bridgehead atoms. The molecule has 3 rings (SSSR count). The second-order valence-electron chi connectivity index (χ2n) is 5.92. The van der Waals surface area contributed by atoms with Crippen LogP contribution in [-0.4, -0.2) is 37.3 Å². The smallest absolute Gasteiger partial charge is 0.329 e. The second kappa shape index (κ2) is 6.03. The van der Waals surface area contributed by atoms with Crippen LogP contribution in [0.25, 0.3) is 5.69 Å². The fraction of sp³-hybridized carbons (Fsp3) is 0.375. The minimum Gasteiger partial charge on any atom is -0.480 e. The van der Waals surface area contributed by atoms with Gasteiger partial charge in [0, 0.05) is 0 Å². The summed E-state index contributed by atoms with van der Waals surface area (Å²) < 4.78 is 14.4. The summed E-state index contributed by atoms with van der Waals surface area (Å²) in [6, 6.07) is 5.62. The lowest BCUT2D eigenvalue weighted by atomic mass is 9.98. The Morgan fingerprint density at radius 2 is 1.88 bits per heavy atom. The first-order valence-electron chi connectivity index (χ1n) is 7.67. The summed E-state index contributed by atoms with van der Waals surface area (Å²) in [5.74, 6) is -1.70. The van der Waals surface area contributed by atoms with E-state index < -0.39 is 17.4 Å². The number of carboxylic acids is 1. The van der Waals surface area contributed by atoms with Crippen LogP contribution in [0.3, 0.4) is 0 Å². The number of rotatable bonds is 4. The van der Waals surface area contributed by atoms with E-state index in [1.165, 1.54) is 28.9 Å². The van der Waals surface area contributed by atoms with E-state index in [0.29, 0.717) is 24.4 Å². The molecule has 0 saturated heterocycles. The van der Waals surface area contributed by atoms with Gasteiger partial charge in [-0.3, -0.25) is 4.79 Å². The predicted octanol–water partition coefficient (Wildman–Crippen LogP) is 1.84. The Labute approximate surface area is 137 Å². The van der Waals surface area contributed by atoms with Gasteiger partial charge in [-0.25, -0.2) is 18.9 Å². The highest BCUT2D eigenvalue weighted by Crippen LogP contribution is 2.30. The van der Waals surface area contributed by atoms with E-state index in [4.69, 9.17) is 0 Å². The Morgan fingerprint density at radius 3 is 2.46 bits per heavy atom. The lowest BCUT2D eigenvalue weighted by Gasteiger charge is -2.24. The Balaban J connectivity index is 1.85. The third kappa shape index (κ3) is 2.86. The van der Waals surface area contributed by atoms with Gasteiger partial charge in [-0.15, -0.1) is 5.10 Å². The highest BCUT2D eigenvalue weighted by molar-refractivity contribution is 5.95. The number of aromatic nitrogens is 3. The van der Waals surface area contributed by atoms with Crippen LogP contribution >= 0.6 is 0 Å². The standard InChI is InChI=1S/C16H17FN4O3/c1-10-18-13(20-21(10)12-6-4-11(17)5-7-12)14(22)19-16(15(23)24)8-2-3-9-16/h4-7H,2-3,8-9H2,1H3,(H,19,22)(H,23,24). The number of aliphatic carboxylic acids is 1. The van der Waals surface area contributed by atoms with Crippen molar-refractivity contribution in [1.29, 1.82) is 0 Å². The number of benzene rings is 1. The van der Waals surface area contributed by atoms with Crippen LogP contribution in [0.15, 0.2) is 24.3 Å². The number of aryl methyl sites for hydroxylation is 1. The van der Waals surface area contributed by atoms with Gasteiger partial charge in [0.2, 0.25) is 5.82 Å². The summed E-state index contributed by atoms with van der Waals surface area (Å²) in [7, 11) is 0. The van der Waals surface area contributed by atoms with Gasteiger partial charge in [0.05, 0.1) is 5.69 Å². The zero-order valence-corrected chi connectivity index (χ0v) is 13.1. The minimum absolute atomic E-state index is 0.107. The Morgan fingerprint density at radius 1 is 1.25 bits per heavy atom. The molecule has 0 radical (unpaired) electrons. The monoisotopic (exact) mass is 332 g/mol. The van der Waals surface area contributed by atoms with E-state index >= 15 is 0 Å². The van der Waals surface area contributed by atoms with Gasteiger partial charge in [-0.2, -0.15) is 0 Å². The summed E-state index contributed by atoms with van der Waals surface area (Å²) in [5, 5.41) is 16.1. The topological polar surface area (TPSA) is 97.1 Å². The van der Waals surface area contributed by atoms with Crippen molar-refractivity contribution in [3.8, 4) is 5.69 Å². The molecule has 0 atom stereocenters. The van der Waals surface area contributed by atoms with Crippen LogP contribution in [-0.2, 0) is 4.79 Å². The van der Waals surface area contributed by atoms with Crippen molar-refractivity contribution in [3.05, 3.63) is 41.7 Å². The van der Waals surface area contributed by atoms with E-state index in [9.17, 15) is 19.1 Å². The summed E-state index contributed by atoms with van der Waals surface area (Å²) in [6.45, 7) is 1.66. The van der Waals surface area contributed by atoms with Gasteiger partial charge in [-0.05, 0) is 44.0 Å². The normalized spacial score (nSPS) is 16.1. The molecule has 126 valence electrons. The number of carbonyl (C=O) groups is 2. The number of halogens is 1. The number of nitrogens with one attached hydrogen (secondary N) is 1. The van der Waals surface area contributed by atoms with E-state index in [1.807, 2.05) is 0 Å². The van der Waals surface area contributed by atoms with Crippen molar-refractivity contribution in [2.75, 3.05) is 0 Å². The lowest BCUT2D eigenvalue weighted by Crippen LogP contribution is -2.52. The van der Waals surface area contributed by atoms with Crippen molar-refractivity contribution < 1.29 is 19.1 Å². The average Bonchev–Trinajstić information content (AvgIpc) is 3.16. The van der Waals surface area contributed by atoms with Gasteiger partial charge >= 0.3 is 5.97 Å². The maximum Gasteiger partial charge on any atom is 0.329 e. The molecule has 1 aliphatic carbocycles. The van der Waals surface area contributed by atoms with Crippen molar-refractivity contribution in [2.45, 2.75) is 38.1 Å². The van der Waals surface area contributed by atoms with Crippen LogP contribution in [0.5, 0.6) is 0 Å². The van der Waals surface area contributed by atoms with Gasteiger partial charge in [-0.1, -0.05) is 12.8 Å². The molecule has 1 amide bonds. The van der Waals surface area contributed by atoms with Crippen molar-refractivity contribution >= 4 is 11.9 Å². The number of amides is 1. The molecule has 1 fully saturated rings. The first-order valence-corrected chi connectivity index (χ1v) is 7.67. The molecule has 0 aliphatic heterocycles. The molecule has 7 nitrogen and oxygen atoms in total. The first-order chi connectivity index (χ1) is 11.4. The molecule has 0 unspecified atom stereocenters. The van der Waals surface area contributed by atoms with Gasteiger partial charge in [0.15, 0.2) is 0 Å². The molecule has 0 spiro atoms. The maximum atomic E-state index is 13.0. The number of carbonyl (C=O) groups excluding carboxylic acids is 1. The third-order valence-electron chi connectivity index (χ3n) is 4.26. The quantitative estimate of drug-likeness (QED) is 0.890. The van der Waals surface area contributed by atoms with Gasteiger partial charge in [0.1, 0.15) is 17.2 Å². The summed E-state index contributed by atoms with van der Waals surface area (Å²) in [6.07, 6.45) is 2.30. The Kier molecular flexibility index (Phi) is 4.04. The predicted molar refractivity (Wildman–Crippen MR) is 82.4 cm³/mol.